The van der Waals surface area contributed by atoms with E-state index in [1.54, 1.807) is 24.0 Å². The summed E-state index contributed by atoms with van der Waals surface area (Å²) < 4.78 is 16.4. The molecule has 0 atom stereocenters. The van der Waals surface area contributed by atoms with Crippen LogP contribution >= 0.6 is 0 Å². The Kier molecular flexibility index (Phi) is 8.97. The molecule has 1 aromatic heterocycles. The number of furan rings is 1. The molecule has 0 radical (unpaired) electrons. The van der Waals surface area contributed by atoms with E-state index >= 15 is 0 Å². The number of nitrogens with zero attached hydrogens (tertiary/aromatic N) is 2. The Labute approximate surface area is 184 Å². The van der Waals surface area contributed by atoms with Gasteiger partial charge in [-0.1, -0.05) is 19.9 Å². The second kappa shape index (κ2) is 11.4. The summed E-state index contributed by atoms with van der Waals surface area (Å²) in [5.41, 5.74) is 1.02. The molecule has 0 N–H and O–H groups in total. The summed E-state index contributed by atoms with van der Waals surface area (Å²) in [5.74, 6) is 2.91. The third kappa shape index (κ3) is 7.35. The molecule has 0 bridgehead atoms. The quantitative estimate of drug-likeness (QED) is 0.544. The second-order valence-corrected chi connectivity index (χ2v) is 8.06. The lowest BCUT2D eigenvalue weighted by atomic mass is 10.1. The monoisotopic (exact) mass is 430 g/mol. The van der Waals surface area contributed by atoms with E-state index in [2.05, 4.69) is 0 Å². The predicted octanol–water partition coefficient (Wildman–Crippen LogP) is 3.68. The van der Waals surface area contributed by atoms with E-state index in [4.69, 9.17) is 13.9 Å². The molecule has 0 saturated carbocycles. The molecule has 0 fully saturated rings. The minimum Gasteiger partial charge on any atom is -0.493 e. The topological polar surface area (TPSA) is 72.2 Å². The van der Waals surface area contributed by atoms with Crippen molar-refractivity contribution in [2.45, 2.75) is 40.7 Å². The molecule has 0 unspecified atom stereocenters. The number of hydrogen-bond donors (Lipinski definition) is 0. The molecule has 2 rings (SSSR count). The fraction of sp³-hybridized carbons (Fsp3) is 0.500. The van der Waals surface area contributed by atoms with E-state index in [9.17, 15) is 9.59 Å². The molecule has 0 aliphatic rings. The first-order chi connectivity index (χ1) is 14.7. The van der Waals surface area contributed by atoms with Crippen molar-refractivity contribution in [2.24, 2.45) is 5.92 Å². The maximum Gasteiger partial charge on any atom is 0.242 e. The van der Waals surface area contributed by atoms with Crippen molar-refractivity contribution < 1.29 is 23.5 Å². The van der Waals surface area contributed by atoms with E-state index in [1.165, 1.54) is 6.92 Å². The Morgan fingerprint density at radius 3 is 2.29 bits per heavy atom. The lowest BCUT2D eigenvalue weighted by Crippen LogP contribution is -2.43. The lowest BCUT2D eigenvalue weighted by Gasteiger charge is -2.27. The standard InChI is InChI=1S/C24H34N2O5/c1-17(2)14-26(19(4)27)16-24(28)25(15-21-9-7-18(3)31-21)12-11-20-8-10-22(29-5)23(13-20)30-6/h7-10,13,17H,11-12,14-16H2,1-6H3. The highest BCUT2D eigenvalue weighted by Gasteiger charge is 2.21. The number of carbonyl (C=O) groups is 2. The minimum absolute atomic E-state index is 0.0547. The van der Waals surface area contributed by atoms with Crippen LogP contribution in [-0.2, 0) is 22.6 Å². The molecule has 2 aromatic rings. The van der Waals surface area contributed by atoms with Crippen LogP contribution in [0.4, 0.5) is 0 Å². The Morgan fingerprint density at radius 1 is 1.03 bits per heavy atom. The molecule has 0 saturated heterocycles. The normalized spacial score (nSPS) is 10.8. The van der Waals surface area contributed by atoms with E-state index in [-0.39, 0.29) is 24.3 Å². The third-order valence-electron chi connectivity index (χ3n) is 4.97. The van der Waals surface area contributed by atoms with Gasteiger partial charge in [0.1, 0.15) is 11.5 Å². The summed E-state index contributed by atoms with van der Waals surface area (Å²) in [6.45, 7) is 8.87. The summed E-state index contributed by atoms with van der Waals surface area (Å²) in [6.07, 6.45) is 0.635. The van der Waals surface area contributed by atoms with Crippen molar-refractivity contribution in [1.82, 2.24) is 9.80 Å². The van der Waals surface area contributed by atoms with E-state index in [1.807, 2.05) is 51.1 Å². The Hall–Kier alpha value is -2.96. The van der Waals surface area contributed by atoms with Gasteiger partial charge in [-0.05, 0) is 49.1 Å². The average Bonchev–Trinajstić information content (AvgIpc) is 3.14. The highest BCUT2D eigenvalue weighted by atomic mass is 16.5. The van der Waals surface area contributed by atoms with Crippen molar-refractivity contribution in [3.63, 3.8) is 0 Å². The summed E-state index contributed by atoms with van der Waals surface area (Å²) in [6, 6.07) is 9.49. The summed E-state index contributed by atoms with van der Waals surface area (Å²) in [5, 5.41) is 0. The number of aryl methyl sites for hydroxylation is 1. The van der Waals surface area contributed by atoms with Crippen LogP contribution in [-0.4, -0.2) is 55.5 Å². The van der Waals surface area contributed by atoms with Crippen LogP contribution in [0.2, 0.25) is 0 Å². The van der Waals surface area contributed by atoms with Crippen molar-refractivity contribution in [1.29, 1.82) is 0 Å². The van der Waals surface area contributed by atoms with Gasteiger partial charge in [-0.2, -0.15) is 0 Å². The van der Waals surface area contributed by atoms with Gasteiger partial charge in [0.15, 0.2) is 11.5 Å². The van der Waals surface area contributed by atoms with Gasteiger partial charge >= 0.3 is 0 Å². The molecule has 31 heavy (non-hydrogen) atoms. The van der Waals surface area contributed by atoms with Gasteiger partial charge in [-0.3, -0.25) is 9.59 Å². The Bertz CT molecular complexity index is 875. The molecular formula is C24H34N2O5. The van der Waals surface area contributed by atoms with Crippen molar-refractivity contribution >= 4 is 11.8 Å². The largest absolute Gasteiger partial charge is 0.493 e. The summed E-state index contributed by atoms with van der Waals surface area (Å²) in [7, 11) is 3.20. The fourth-order valence-corrected chi connectivity index (χ4v) is 3.36. The molecule has 170 valence electrons. The molecule has 1 aromatic carbocycles. The number of amides is 2. The molecule has 7 nitrogen and oxygen atoms in total. The first kappa shape index (κ1) is 24.3. The van der Waals surface area contributed by atoms with Crippen molar-refractivity contribution in [3.8, 4) is 11.5 Å². The summed E-state index contributed by atoms with van der Waals surface area (Å²) in [4.78, 5) is 28.5. The highest BCUT2D eigenvalue weighted by molar-refractivity contribution is 5.83. The van der Waals surface area contributed by atoms with Gasteiger partial charge in [0, 0.05) is 20.0 Å². The number of hydrogen-bond acceptors (Lipinski definition) is 5. The van der Waals surface area contributed by atoms with Crippen LogP contribution < -0.4 is 9.47 Å². The summed E-state index contributed by atoms with van der Waals surface area (Å²) >= 11 is 0. The smallest absolute Gasteiger partial charge is 0.242 e. The predicted molar refractivity (Wildman–Crippen MR) is 119 cm³/mol. The highest BCUT2D eigenvalue weighted by Crippen LogP contribution is 2.27. The van der Waals surface area contributed by atoms with E-state index in [0.717, 1.165) is 17.1 Å². The van der Waals surface area contributed by atoms with E-state index in [0.29, 0.717) is 37.6 Å². The minimum atomic E-state index is -0.106. The van der Waals surface area contributed by atoms with Crippen LogP contribution in [0, 0.1) is 12.8 Å². The zero-order valence-corrected chi connectivity index (χ0v) is 19.4. The van der Waals surface area contributed by atoms with Crippen LogP contribution in [0.5, 0.6) is 11.5 Å². The van der Waals surface area contributed by atoms with Gasteiger partial charge in [0.25, 0.3) is 0 Å². The molecule has 2 amide bonds. The van der Waals surface area contributed by atoms with Crippen LogP contribution in [0.3, 0.4) is 0 Å². The van der Waals surface area contributed by atoms with E-state index < -0.39 is 0 Å². The first-order valence-electron chi connectivity index (χ1n) is 10.5. The third-order valence-corrected chi connectivity index (χ3v) is 4.97. The zero-order chi connectivity index (χ0) is 23.0. The Balaban J connectivity index is 2.16. The van der Waals surface area contributed by atoms with Gasteiger partial charge in [0.2, 0.25) is 11.8 Å². The maximum atomic E-state index is 13.1. The number of carbonyl (C=O) groups excluding carboxylic acids is 2. The molecule has 1 heterocycles. The fourth-order valence-electron chi connectivity index (χ4n) is 3.36. The van der Waals surface area contributed by atoms with Crippen molar-refractivity contribution in [2.75, 3.05) is 33.9 Å². The molecule has 7 heteroatoms. The molecule has 0 aliphatic carbocycles. The van der Waals surface area contributed by atoms with Crippen LogP contribution in [0.1, 0.15) is 37.9 Å². The number of rotatable bonds is 11. The average molecular weight is 431 g/mol. The van der Waals surface area contributed by atoms with Gasteiger partial charge in [-0.15, -0.1) is 0 Å². The molecular weight excluding hydrogens is 396 g/mol. The molecule has 0 spiro atoms. The number of ether oxygens (including phenoxy) is 2. The maximum absolute atomic E-state index is 13.1. The number of methoxy groups -OCH3 is 2. The van der Waals surface area contributed by atoms with Gasteiger partial charge in [-0.25, -0.2) is 0 Å². The SMILES string of the molecule is COc1ccc(CCN(Cc2ccc(C)o2)C(=O)CN(CC(C)C)C(C)=O)cc1OC. The first-order valence-corrected chi connectivity index (χ1v) is 10.5. The number of benzene rings is 1. The molecule has 0 aliphatic heterocycles. The van der Waals surface area contributed by atoms with Gasteiger partial charge < -0.3 is 23.7 Å². The second-order valence-electron chi connectivity index (χ2n) is 8.06. The van der Waals surface area contributed by atoms with Crippen LogP contribution in [0.15, 0.2) is 34.7 Å². The van der Waals surface area contributed by atoms with Gasteiger partial charge in [0.05, 0.1) is 27.3 Å². The zero-order valence-electron chi connectivity index (χ0n) is 19.4. The lowest BCUT2D eigenvalue weighted by molar-refractivity contribution is -0.140. The van der Waals surface area contributed by atoms with Crippen LogP contribution in [0.25, 0.3) is 0 Å². The Morgan fingerprint density at radius 2 is 1.74 bits per heavy atom. The van der Waals surface area contributed by atoms with Crippen molar-refractivity contribution in [3.05, 3.63) is 47.4 Å².